The Kier molecular flexibility index (Phi) is 5.28. The van der Waals surface area contributed by atoms with Gasteiger partial charge in [-0.25, -0.2) is 9.78 Å². The lowest BCUT2D eigenvalue weighted by molar-refractivity contribution is -0.123. The molecule has 0 bridgehead atoms. The average Bonchev–Trinajstić information content (AvgIpc) is 3.11. The Labute approximate surface area is 154 Å². The summed E-state index contributed by atoms with van der Waals surface area (Å²) in [5.41, 5.74) is 1.71. The zero-order valence-electron chi connectivity index (χ0n) is 13.9. The minimum absolute atomic E-state index is 0.00719. The van der Waals surface area contributed by atoms with Crippen molar-refractivity contribution in [3.63, 3.8) is 0 Å². The molecule has 0 aliphatic rings. The van der Waals surface area contributed by atoms with Gasteiger partial charge in [0.15, 0.2) is 11.2 Å². The Morgan fingerprint density at radius 3 is 2.54 bits per heavy atom. The summed E-state index contributed by atoms with van der Waals surface area (Å²) in [7, 11) is 0. The number of carbonyl (C=O) groups is 2. The second-order valence-corrected chi connectivity index (χ2v) is 6.32. The number of hydrogen-bond acceptors (Lipinski definition) is 6. The van der Waals surface area contributed by atoms with Gasteiger partial charge in [-0.05, 0) is 19.1 Å². The predicted octanol–water partition coefficient (Wildman–Crippen LogP) is 3.70. The number of phenols is 1. The molecule has 6 nitrogen and oxygen atoms in total. The number of phenolic OH excluding ortho intramolecular Hbond substituents is 1. The van der Waals surface area contributed by atoms with Crippen LogP contribution >= 0.6 is 11.3 Å². The third kappa shape index (κ3) is 4.07. The fourth-order valence-electron chi connectivity index (χ4n) is 2.20. The molecule has 3 rings (SSSR count). The highest BCUT2D eigenvalue weighted by atomic mass is 32.1. The van der Waals surface area contributed by atoms with Gasteiger partial charge in [0.2, 0.25) is 0 Å². The summed E-state index contributed by atoms with van der Waals surface area (Å²) in [5.74, 6) is -1.46. The van der Waals surface area contributed by atoms with Gasteiger partial charge in [-0.1, -0.05) is 42.5 Å². The largest absolute Gasteiger partial charge is 0.507 e. The van der Waals surface area contributed by atoms with E-state index >= 15 is 0 Å². The van der Waals surface area contributed by atoms with Gasteiger partial charge >= 0.3 is 5.97 Å². The lowest BCUT2D eigenvalue weighted by Crippen LogP contribution is -2.30. The van der Waals surface area contributed by atoms with Crippen LogP contribution in [0, 0.1) is 0 Å². The first-order chi connectivity index (χ1) is 12.5. The number of ether oxygens (including phenoxy) is 1. The molecule has 2 N–H and O–H groups in total. The normalized spacial score (nSPS) is 11.6. The highest BCUT2D eigenvalue weighted by Gasteiger charge is 2.21. The van der Waals surface area contributed by atoms with Gasteiger partial charge in [0, 0.05) is 10.9 Å². The molecule has 0 saturated carbocycles. The lowest BCUT2D eigenvalue weighted by Gasteiger charge is -2.12. The molecular formula is C19H16N2O4S. The fraction of sp³-hybridized carbons (Fsp3) is 0.105. The zero-order valence-corrected chi connectivity index (χ0v) is 14.7. The van der Waals surface area contributed by atoms with Crippen molar-refractivity contribution in [1.82, 2.24) is 4.98 Å². The van der Waals surface area contributed by atoms with Crippen molar-refractivity contribution in [1.29, 1.82) is 0 Å². The van der Waals surface area contributed by atoms with Crippen LogP contribution in [0.1, 0.15) is 17.3 Å². The molecule has 0 fully saturated rings. The number of aromatic hydroxyl groups is 1. The van der Waals surface area contributed by atoms with Crippen molar-refractivity contribution in [3.8, 4) is 17.0 Å². The van der Waals surface area contributed by atoms with Gasteiger partial charge in [-0.15, -0.1) is 11.3 Å². The molecule has 132 valence electrons. The SMILES string of the molecule is CC(OC(=O)c1ccccc1O)C(=O)Nc1nc(-c2ccccc2)cs1. The van der Waals surface area contributed by atoms with Gasteiger partial charge in [0.25, 0.3) is 5.91 Å². The summed E-state index contributed by atoms with van der Waals surface area (Å²) in [6, 6.07) is 15.6. The Balaban J connectivity index is 1.62. The number of thiazole rings is 1. The molecule has 1 amide bonds. The average molecular weight is 368 g/mol. The molecule has 0 radical (unpaired) electrons. The maximum absolute atomic E-state index is 12.2. The van der Waals surface area contributed by atoms with Gasteiger partial charge in [-0.3, -0.25) is 10.1 Å². The molecule has 7 heteroatoms. The van der Waals surface area contributed by atoms with Crippen LogP contribution in [0.3, 0.4) is 0 Å². The number of nitrogens with one attached hydrogen (secondary N) is 1. The van der Waals surface area contributed by atoms with Crippen LogP contribution in [0.2, 0.25) is 0 Å². The minimum atomic E-state index is -1.04. The summed E-state index contributed by atoms with van der Waals surface area (Å²) in [6.45, 7) is 1.46. The van der Waals surface area contributed by atoms with E-state index in [1.807, 2.05) is 35.7 Å². The quantitative estimate of drug-likeness (QED) is 0.671. The number of benzene rings is 2. The molecule has 1 unspecified atom stereocenters. The molecule has 3 aromatic rings. The van der Waals surface area contributed by atoms with E-state index in [2.05, 4.69) is 10.3 Å². The number of nitrogens with zero attached hydrogens (tertiary/aromatic N) is 1. The summed E-state index contributed by atoms with van der Waals surface area (Å²) in [5, 5.41) is 14.6. The third-order valence-corrected chi connectivity index (χ3v) is 4.34. The molecule has 1 aromatic heterocycles. The van der Waals surface area contributed by atoms with Crippen molar-refractivity contribution < 1.29 is 19.4 Å². The predicted molar refractivity (Wildman–Crippen MR) is 99.2 cm³/mol. The number of hydrogen-bond donors (Lipinski definition) is 2. The van der Waals surface area contributed by atoms with E-state index in [-0.39, 0.29) is 11.3 Å². The minimum Gasteiger partial charge on any atom is -0.507 e. The third-order valence-electron chi connectivity index (χ3n) is 3.58. The van der Waals surface area contributed by atoms with Gasteiger partial charge in [0.05, 0.1) is 5.69 Å². The number of rotatable bonds is 5. The molecule has 26 heavy (non-hydrogen) atoms. The summed E-state index contributed by atoms with van der Waals surface area (Å²) >= 11 is 1.28. The zero-order chi connectivity index (χ0) is 18.5. The molecule has 1 heterocycles. The smallest absolute Gasteiger partial charge is 0.342 e. The first kappa shape index (κ1) is 17.6. The molecular weight excluding hydrogens is 352 g/mol. The van der Waals surface area contributed by atoms with Crippen LogP contribution < -0.4 is 5.32 Å². The summed E-state index contributed by atoms with van der Waals surface area (Å²) < 4.78 is 5.11. The maximum Gasteiger partial charge on any atom is 0.342 e. The molecule has 0 aliphatic carbocycles. The maximum atomic E-state index is 12.2. The van der Waals surface area contributed by atoms with Crippen molar-refractivity contribution in [3.05, 3.63) is 65.5 Å². The lowest BCUT2D eigenvalue weighted by atomic mass is 10.2. The standard InChI is InChI=1S/C19H16N2O4S/c1-12(25-18(24)14-9-5-6-10-16(14)22)17(23)21-19-20-15(11-26-19)13-7-3-2-4-8-13/h2-12,22H,1H3,(H,20,21,23). The Bertz CT molecular complexity index is 924. The molecule has 0 aliphatic heterocycles. The van der Waals surface area contributed by atoms with Crippen LogP contribution in [-0.2, 0) is 9.53 Å². The van der Waals surface area contributed by atoms with Crippen LogP contribution in [0.5, 0.6) is 5.75 Å². The Morgan fingerprint density at radius 1 is 1.12 bits per heavy atom. The van der Waals surface area contributed by atoms with Crippen molar-refractivity contribution in [2.75, 3.05) is 5.32 Å². The van der Waals surface area contributed by atoms with Crippen LogP contribution in [-0.4, -0.2) is 28.1 Å². The van der Waals surface area contributed by atoms with E-state index in [9.17, 15) is 14.7 Å². The monoisotopic (exact) mass is 368 g/mol. The molecule has 2 aromatic carbocycles. The van der Waals surface area contributed by atoms with E-state index in [0.717, 1.165) is 11.3 Å². The molecule has 1 atom stereocenters. The number of para-hydroxylation sites is 1. The van der Waals surface area contributed by atoms with E-state index < -0.39 is 18.0 Å². The summed E-state index contributed by atoms with van der Waals surface area (Å²) in [4.78, 5) is 28.6. The van der Waals surface area contributed by atoms with E-state index in [1.165, 1.54) is 30.4 Å². The van der Waals surface area contributed by atoms with Crippen LogP contribution in [0.25, 0.3) is 11.3 Å². The highest BCUT2D eigenvalue weighted by molar-refractivity contribution is 7.14. The van der Waals surface area contributed by atoms with E-state index in [1.54, 1.807) is 12.1 Å². The summed E-state index contributed by atoms with van der Waals surface area (Å²) in [6.07, 6.45) is -1.04. The van der Waals surface area contributed by atoms with E-state index in [4.69, 9.17) is 4.74 Å². The fourth-order valence-corrected chi connectivity index (χ4v) is 2.93. The first-order valence-electron chi connectivity index (χ1n) is 7.85. The van der Waals surface area contributed by atoms with Crippen LogP contribution in [0.15, 0.2) is 60.0 Å². The number of carbonyl (C=O) groups excluding carboxylic acids is 2. The number of amides is 1. The van der Waals surface area contributed by atoms with Crippen molar-refractivity contribution >= 4 is 28.3 Å². The van der Waals surface area contributed by atoms with Crippen molar-refractivity contribution in [2.24, 2.45) is 0 Å². The highest BCUT2D eigenvalue weighted by Crippen LogP contribution is 2.25. The number of aromatic nitrogens is 1. The number of esters is 1. The van der Waals surface area contributed by atoms with Gasteiger partial charge < -0.3 is 9.84 Å². The Hall–Kier alpha value is -3.19. The van der Waals surface area contributed by atoms with Gasteiger partial charge in [-0.2, -0.15) is 0 Å². The Morgan fingerprint density at radius 2 is 1.81 bits per heavy atom. The second kappa shape index (κ2) is 7.79. The molecule has 0 saturated heterocycles. The first-order valence-corrected chi connectivity index (χ1v) is 8.73. The van der Waals surface area contributed by atoms with Crippen molar-refractivity contribution in [2.45, 2.75) is 13.0 Å². The molecule has 0 spiro atoms. The number of anilines is 1. The topological polar surface area (TPSA) is 88.5 Å². The van der Waals surface area contributed by atoms with Crippen LogP contribution in [0.4, 0.5) is 5.13 Å². The second-order valence-electron chi connectivity index (χ2n) is 5.46. The van der Waals surface area contributed by atoms with Gasteiger partial charge in [0.1, 0.15) is 11.3 Å². The van der Waals surface area contributed by atoms with E-state index in [0.29, 0.717) is 5.13 Å².